The highest BCUT2D eigenvalue weighted by atomic mass is 35.5. The van der Waals surface area contributed by atoms with Gasteiger partial charge < -0.3 is 9.80 Å². The number of pyridine rings is 1. The number of nitrogens with zero attached hydrogens (tertiary/aromatic N) is 3. The molecule has 0 aromatic carbocycles. The van der Waals surface area contributed by atoms with Crippen molar-refractivity contribution in [1.82, 2.24) is 9.88 Å². The van der Waals surface area contributed by atoms with E-state index in [9.17, 15) is 8.42 Å². The maximum atomic E-state index is 12.2. The van der Waals surface area contributed by atoms with Gasteiger partial charge in [-0.2, -0.15) is 0 Å². The van der Waals surface area contributed by atoms with Crippen molar-refractivity contribution >= 4 is 44.5 Å². The molecule has 6 nitrogen and oxygen atoms in total. The first-order valence-corrected chi connectivity index (χ1v) is 9.79. The minimum atomic E-state index is -3.64. The average molecular weight is 373 g/mol. The number of halogens is 1. The molecule has 0 saturated carbocycles. The van der Waals surface area contributed by atoms with Gasteiger partial charge >= 0.3 is 0 Å². The highest BCUT2D eigenvalue weighted by molar-refractivity contribution is 7.94. The van der Waals surface area contributed by atoms with Crippen molar-refractivity contribution < 1.29 is 8.42 Å². The minimum Gasteiger partial charge on any atom is -0.368 e. The van der Waals surface area contributed by atoms with Crippen LogP contribution in [0.1, 0.15) is 0 Å². The lowest BCUT2D eigenvalue weighted by Gasteiger charge is -2.33. The molecular formula is C14H17ClN4O2S2. The third-order valence-corrected chi connectivity index (χ3v) is 6.75. The van der Waals surface area contributed by atoms with Gasteiger partial charge in [-0.25, -0.2) is 13.4 Å². The summed E-state index contributed by atoms with van der Waals surface area (Å²) in [7, 11) is -1.53. The highest BCUT2D eigenvalue weighted by Gasteiger charge is 2.18. The molecule has 0 bridgehead atoms. The number of hydrogen-bond acceptors (Lipinski definition) is 6. The molecule has 3 rings (SSSR count). The molecule has 2 aromatic rings. The summed E-state index contributed by atoms with van der Waals surface area (Å²) in [6.07, 6.45) is 1.70. The van der Waals surface area contributed by atoms with E-state index in [0.29, 0.717) is 10.2 Å². The van der Waals surface area contributed by atoms with Crippen LogP contribution in [0.15, 0.2) is 34.7 Å². The largest absolute Gasteiger partial charge is 0.368 e. The number of nitrogens with one attached hydrogen (secondary N) is 1. The number of hydrogen-bond donors (Lipinski definition) is 1. The molecule has 1 fully saturated rings. The quantitative estimate of drug-likeness (QED) is 0.892. The van der Waals surface area contributed by atoms with Crippen LogP contribution in [0.3, 0.4) is 0 Å². The Hall–Kier alpha value is -1.35. The van der Waals surface area contributed by atoms with Gasteiger partial charge in [0.2, 0.25) is 0 Å². The molecule has 0 aliphatic carbocycles. The van der Waals surface area contributed by atoms with Gasteiger partial charge in [0.15, 0.2) is 0 Å². The number of likely N-dealkylation sites (N-methyl/N-ethyl adjacent to an activating group) is 1. The van der Waals surface area contributed by atoms with Gasteiger partial charge in [0, 0.05) is 26.2 Å². The summed E-state index contributed by atoms with van der Waals surface area (Å²) in [5.41, 5.74) is 1.00. The van der Waals surface area contributed by atoms with Crippen molar-refractivity contribution in [1.29, 1.82) is 0 Å². The smallest absolute Gasteiger partial charge is 0.272 e. The first-order chi connectivity index (χ1) is 10.9. The lowest BCUT2D eigenvalue weighted by Crippen LogP contribution is -2.44. The summed E-state index contributed by atoms with van der Waals surface area (Å²) in [6.45, 7) is 3.90. The lowest BCUT2D eigenvalue weighted by molar-refractivity contribution is 0.313. The van der Waals surface area contributed by atoms with Gasteiger partial charge in [-0.05, 0) is 31.3 Å². The van der Waals surface area contributed by atoms with E-state index in [1.54, 1.807) is 18.3 Å². The first kappa shape index (κ1) is 16.5. The van der Waals surface area contributed by atoms with Crippen LogP contribution >= 0.6 is 22.9 Å². The third kappa shape index (κ3) is 3.95. The van der Waals surface area contributed by atoms with E-state index in [1.807, 2.05) is 6.07 Å². The maximum Gasteiger partial charge on any atom is 0.272 e. The van der Waals surface area contributed by atoms with Crippen LogP contribution < -0.4 is 9.62 Å². The van der Waals surface area contributed by atoms with Crippen LogP contribution in [-0.2, 0) is 10.0 Å². The van der Waals surface area contributed by atoms with E-state index < -0.39 is 10.0 Å². The molecule has 1 aliphatic rings. The van der Waals surface area contributed by atoms with Crippen molar-refractivity contribution in [3.8, 4) is 0 Å². The molecule has 0 amide bonds. The number of thiophene rings is 1. The Morgan fingerprint density at radius 1 is 1.17 bits per heavy atom. The SMILES string of the molecule is CN1CCN(c2ccc(NS(=O)(=O)c3ccc(Cl)s3)nc2)CC1. The monoisotopic (exact) mass is 372 g/mol. The van der Waals surface area contributed by atoms with Gasteiger partial charge in [0.25, 0.3) is 10.0 Å². The van der Waals surface area contributed by atoms with E-state index in [2.05, 4.69) is 26.6 Å². The fourth-order valence-corrected chi connectivity index (χ4v) is 4.82. The molecule has 1 aliphatic heterocycles. The normalized spacial score (nSPS) is 16.5. The zero-order valence-corrected chi connectivity index (χ0v) is 15.0. The molecular weight excluding hydrogens is 356 g/mol. The first-order valence-electron chi connectivity index (χ1n) is 7.12. The summed E-state index contributed by atoms with van der Waals surface area (Å²) in [6, 6.07) is 6.61. The fraction of sp³-hybridized carbons (Fsp3) is 0.357. The van der Waals surface area contributed by atoms with Gasteiger partial charge in [-0.15, -0.1) is 11.3 Å². The molecule has 9 heteroatoms. The highest BCUT2D eigenvalue weighted by Crippen LogP contribution is 2.27. The fourth-order valence-electron chi connectivity index (χ4n) is 2.33. The zero-order chi connectivity index (χ0) is 16.4. The zero-order valence-electron chi connectivity index (χ0n) is 12.6. The summed E-state index contributed by atoms with van der Waals surface area (Å²) in [4.78, 5) is 8.73. The second-order valence-electron chi connectivity index (χ2n) is 5.36. The van der Waals surface area contributed by atoms with Crippen molar-refractivity contribution in [3.05, 3.63) is 34.8 Å². The topological polar surface area (TPSA) is 65.5 Å². The van der Waals surface area contributed by atoms with Crippen molar-refractivity contribution in [2.45, 2.75) is 4.21 Å². The molecule has 0 spiro atoms. The van der Waals surface area contributed by atoms with Gasteiger partial charge in [0.1, 0.15) is 10.0 Å². The second-order valence-corrected chi connectivity index (χ2v) is 8.98. The van der Waals surface area contributed by atoms with E-state index >= 15 is 0 Å². The summed E-state index contributed by atoms with van der Waals surface area (Å²) in [5.74, 6) is 0.299. The number of aromatic nitrogens is 1. The van der Waals surface area contributed by atoms with E-state index in [0.717, 1.165) is 43.2 Å². The standard InChI is InChI=1S/C14H17ClN4O2S2/c1-18-6-8-19(9-7-18)11-2-4-13(16-10-11)17-23(20,21)14-5-3-12(15)22-14/h2-5,10H,6-9H2,1H3,(H,16,17). The Bertz CT molecular complexity index is 768. The second kappa shape index (κ2) is 6.64. The molecule has 124 valence electrons. The molecule has 3 heterocycles. The van der Waals surface area contributed by atoms with E-state index in [1.165, 1.54) is 6.07 Å². The minimum absolute atomic E-state index is 0.174. The molecule has 2 aromatic heterocycles. The van der Waals surface area contributed by atoms with Crippen molar-refractivity contribution in [2.24, 2.45) is 0 Å². The van der Waals surface area contributed by atoms with Crippen molar-refractivity contribution in [3.63, 3.8) is 0 Å². The predicted octanol–water partition coefficient (Wildman–Crippen LogP) is 2.35. The van der Waals surface area contributed by atoms with Crippen LogP contribution in [0.4, 0.5) is 11.5 Å². The van der Waals surface area contributed by atoms with E-state index in [-0.39, 0.29) is 4.21 Å². The molecule has 0 radical (unpaired) electrons. The molecule has 0 unspecified atom stereocenters. The van der Waals surface area contributed by atoms with Crippen molar-refractivity contribution in [2.75, 3.05) is 42.8 Å². The number of rotatable bonds is 4. The number of piperazine rings is 1. The Balaban J connectivity index is 1.70. The van der Waals surface area contributed by atoms with Gasteiger partial charge in [-0.1, -0.05) is 11.6 Å². The van der Waals surface area contributed by atoms with E-state index in [4.69, 9.17) is 11.6 Å². The third-order valence-electron chi connectivity index (χ3n) is 3.67. The summed E-state index contributed by atoms with van der Waals surface area (Å²) < 4.78 is 27.5. The maximum absolute atomic E-state index is 12.2. The van der Waals surface area contributed by atoms with Gasteiger partial charge in [0.05, 0.1) is 16.2 Å². The van der Waals surface area contributed by atoms with Crippen LogP contribution in [0.25, 0.3) is 0 Å². The number of anilines is 2. The molecule has 1 saturated heterocycles. The Kier molecular flexibility index (Phi) is 4.77. The van der Waals surface area contributed by atoms with Crippen LogP contribution in [-0.4, -0.2) is 51.5 Å². The number of sulfonamides is 1. The Morgan fingerprint density at radius 2 is 1.91 bits per heavy atom. The Morgan fingerprint density at radius 3 is 2.48 bits per heavy atom. The average Bonchev–Trinajstić information content (AvgIpc) is 2.96. The van der Waals surface area contributed by atoms with Gasteiger partial charge in [-0.3, -0.25) is 4.72 Å². The Labute approximate surface area is 144 Å². The van der Waals surface area contributed by atoms with Crippen LogP contribution in [0.5, 0.6) is 0 Å². The summed E-state index contributed by atoms with van der Waals surface area (Å²) in [5, 5.41) is 0. The van der Waals surface area contributed by atoms with Crippen LogP contribution in [0, 0.1) is 0 Å². The predicted molar refractivity (Wildman–Crippen MR) is 94.1 cm³/mol. The molecule has 23 heavy (non-hydrogen) atoms. The lowest BCUT2D eigenvalue weighted by atomic mass is 10.3. The molecule has 0 atom stereocenters. The molecule has 1 N–H and O–H groups in total. The van der Waals surface area contributed by atoms with Crippen LogP contribution in [0.2, 0.25) is 4.34 Å². The summed E-state index contributed by atoms with van der Waals surface area (Å²) >= 11 is 6.80.